The van der Waals surface area contributed by atoms with Gasteiger partial charge in [-0.15, -0.1) is 0 Å². The van der Waals surface area contributed by atoms with Crippen LogP contribution in [0, 0.1) is 13.8 Å². The predicted molar refractivity (Wildman–Crippen MR) is 85.5 cm³/mol. The number of aromatic nitrogens is 1. The normalized spacial score (nSPS) is 16.3. The van der Waals surface area contributed by atoms with Crippen molar-refractivity contribution in [3.63, 3.8) is 0 Å². The van der Waals surface area contributed by atoms with Crippen LogP contribution in [0.4, 0.5) is 0 Å². The van der Waals surface area contributed by atoms with Gasteiger partial charge in [0, 0.05) is 37.6 Å². The molecule has 2 aromatic rings. The van der Waals surface area contributed by atoms with E-state index in [2.05, 4.69) is 59.7 Å². The van der Waals surface area contributed by atoms with E-state index in [1.54, 1.807) is 0 Å². The first-order valence-corrected chi connectivity index (χ1v) is 7.73. The number of nitrogens with zero attached hydrogens (tertiary/aromatic N) is 2. The van der Waals surface area contributed by atoms with Crippen LogP contribution in [-0.2, 0) is 17.8 Å². The van der Waals surface area contributed by atoms with Gasteiger partial charge in [0.05, 0.1) is 13.2 Å². The van der Waals surface area contributed by atoms with Crippen LogP contribution in [-0.4, -0.2) is 35.8 Å². The fourth-order valence-corrected chi connectivity index (χ4v) is 3.04. The number of aryl methyl sites for hydroxylation is 1. The average Bonchev–Trinajstić information content (AvgIpc) is 2.77. The lowest BCUT2D eigenvalue weighted by atomic mass is 10.2. The van der Waals surface area contributed by atoms with Crippen LogP contribution >= 0.6 is 0 Å². The second kappa shape index (κ2) is 6.46. The van der Waals surface area contributed by atoms with Gasteiger partial charge < -0.3 is 9.30 Å². The Kier molecular flexibility index (Phi) is 4.42. The van der Waals surface area contributed by atoms with E-state index in [1.807, 2.05) is 0 Å². The van der Waals surface area contributed by atoms with Crippen LogP contribution in [0.25, 0.3) is 0 Å². The number of hydrogen-bond acceptors (Lipinski definition) is 2. The van der Waals surface area contributed by atoms with Crippen LogP contribution < -0.4 is 0 Å². The fraction of sp³-hybridized carbons (Fsp3) is 0.444. The zero-order valence-corrected chi connectivity index (χ0v) is 13.0. The molecule has 0 unspecified atom stereocenters. The Bertz CT molecular complexity index is 583. The van der Waals surface area contributed by atoms with Gasteiger partial charge in [-0.05, 0) is 31.0 Å². The van der Waals surface area contributed by atoms with Gasteiger partial charge in [0.15, 0.2) is 0 Å². The van der Waals surface area contributed by atoms with E-state index in [0.717, 1.165) is 39.4 Å². The van der Waals surface area contributed by atoms with Crippen LogP contribution in [0.3, 0.4) is 0 Å². The fourth-order valence-electron chi connectivity index (χ4n) is 3.04. The van der Waals surface area contributed by atoms with Gasteiger partial charge in [0.25, 0.3) is 0 Å². The van der Waals surface area contributed by atoms with Crippen molar-refractivity contribution in [1.82, 2.24) is 9.47 Å². The van der Waals surface area contributed by atoms with E-state index in [4.69, 9.17) is 4.74 Å². The van der Waals surface area contributed by atoms with Gasteiger partial charge in [-0.3, -0.25) is 4.90 Å². The summed E-state index contributed by atoms with van der Waals surface area (Å²) in [4.78, 5) is 2.48. The van der Waals surface area contributed by atoms with E-state index in [1.165, 1.54) is 22.5 Å². The van der Waals surface area contributed by atoms with E-state index in [9.17, 15) is 0 Å². The average molecular weight is 284 g/mol. The van der Waals surface area contributed by atoms with Gasteiger partial charge in [-0.1, -0.05) is 30.3 Å². The third kappa shape index (κ3) is 3.36. The van der Waals surface area contributed by atoms with Gasteiger partial charge in [0.1, 0.15) is 0 Å². The first-order valence-electron chi connectivity index (χ1n) is 7.73. The molecule has 0 bridgehead atoms. The van der Waals surface area contributed by atoms with E-state index in [0.29, 0.717) is 0 Å². The molecule has 1 aliphatic heterocycles. The minimum atomic E-state index is 0.864. The zero-order chi connectivity index (χ0) is 14.7. The van der Waals surface area contributed by atoms with Crippen molar-refractivity contribution in [3.8, 4) is 0 Å². The Morgan fingerprint density at radius 2 is 1.71 bits per heavy atom. The van der Waals surface area contributed by atoms with Gasteiger partial charge in [-0.25, -0.2) is 0 Å². The summed E-state index contributed by atoms with van der Waals surface area (Å²) < 4.78 is 7.85. The molecule has 0 amide bonds. The van der Waals surface area contributed by atoms with Crippen molar-refractivity contribution >= 4 is 0 Å². The summed E-state index contributed by atoms with van der Waals surface area (Å²) in [5, 5.41) is 0. The van der Waals surface area contributed by atoms with Crippen LogP contribution in [0.5, 0.6) is 0 Å². The zero-order valence-electron chi connectivity index (χ0n) is 13.0. The molecule has 0 radical (unpaired) electrons. The maximum absolute atomic E-state index is 5.43. The summed E-state index contributed by atoms with van der Waals surface area (Å²) in [5.41, 5.74) is 5.55. The molecule has 1 aromatic heterocycles. The molecule has 3 nitrogen and oxygen atoms in total. The lowest BCUT2D eigenvalue weighted by Crippen LogP contribution is -2.35. The monoisotopic (exact) mass is 284 g/mol. The van der Waals surface area contributed by atoms with Crippen molar-refractivity contribution in [2.75, 3.05) is 26.3 Å². The van der Waals surface area contributed by atoms with Crippen LogP contribution in [0.2, 0.25) is 0 Å². The molecule has 21 heavy (non-hydrogen) atoms. The molecule has 0 atom stereocenters. The molecule has 0 N–H and O–H groups in total. The molecule has 1 aliphatic rings. The standard InChI is InChI=1S/C18H24N2O/c1-15-12-18(14-19-8-10-21-11-9-19)16(2)20(15)13-17-6-4-3-5-7-17/h3-7,12H,8-11,13-14H2,1-2H3. The number of hydrogen-bond donors (Lipinski definition) is 0. The largest absolute Gasteiger partial charge is 0.379 e. The van der Waals surface area contributed by atoms with E-state index >= 15 is 0 Å². The number of rotatable bonds is 4. The second-order valence-corrected chi connectivity index (χ2v) is 5.86. The molecule has 112 valence electrons. The number of benzene rings is 1. The maximum Gasteiger partial charge on any atom is 0.0594 e. The highest BCUT2D eigenvalue weighted by Crippen LogP contribution is 2.19. The summed E-state index contributed by atoms with van der Waals surface area (Å²) in [6.07, 6.45) is 0. The lowest BCUT2D eigenvalue weighted by molar-refractivity contribution is 0.0341. The van der Waals surface area contributed by atoms with Gasteiger partial charge in [0.2, 0.25) is 0 Å². The summed E-state index contributed by atoms with van der Waals surface area (Å²) in [7, 11) is 0. The third-order valence-electron chi connectivity index (χ3n) is 4.36. The summed E-state index contributed by atoms with van der Waals surface area (Å²) >= 11 is 0. The first-order chi connectivity index (χ1) is 10.2. The van der Waals surface area contributed by atoms with Gasteiger partial charge in [-0.2, -0.15) is 0 Å². The first kappa shape index (κ1) is 14.4. The molecular weight excluding hydrogens is 260 g/mol. The molecule has 0 saturated carbocycles. The Morgan fingerprint density at radius 1 is 1.00 bits per heavy atom. The Labute approximate surface area is 127 Å². The molecule has 1 saturated heterocycles. The van der Waals surface area contributed by atoms with Crippen molar-refractivity contribution in [3.05, 3.63) is 58.9 Å². The lowest BCUT2D eigenvalue weighted by Gasteiger charge is -2.26. The predicted octanol–water partition coefficient (Wildman–Crippen LogP) is 2.99. The topological polar surface area (TPSA) is 17.4 Å². The molecule has 1 fully saturated rings. The van der Waals surface area contributed by atoms with Crippen molar-refractivity contribution < 1.29 is 4.74 Å². The van der Waals surface area contributed by atoms with Crippen molar-refractivity contribution in [1.29, 1.82) is 0 Å². The molecule has 1 aromatic carbocycles. The van der Waals surface area contributed by atoms with Crippen LogP contribution in [0.1, 0.15) is 22.5 Å². The second-order valence-electron chi connectivity index (χ2n) is 5.86. The highest BCUT2D eigenvalue weighted by atomic mass is 16.5. The minimum Gasteiger partial charge on any atom is -0.379 e. The molecule has 3 rings (SSSR count). The third-order valence-corrected chi connectivity index (χ3v) is 4.36. The van der Waals surface area contributed by atoms with Crippen molar-refractivity contribution in [2.24, 2.45) is 0 Å². The summed E-state index contributed by atoms with van der Waals surface area (Å²) in [6, 6.07) is 13.0. The number of morpholine rings is 1. The molecule has 0 spiro atoms. The quantitative estimate of drug-likeness (QED) is 0.859. The molecular formula is C18H24N2O. The Hall–Kier alpha value is -1.58. The number of ether oxygens (including phenoxy) is 1. The van der Waals surface area contributed by atoms with Crippen LogP contribution in [0.15, 0.2) is 36.4 Å². The van der Waals surface area contributed by atoms with Crippen molar-refractivity contribution in [2.45, 2.75) is 26.9 Å². The smallest absolute Gasteiger partial charge is 0.0594 e. The molecule has 3 heteroatoms. The Balaban J connectivity index is 1.76. The van der Waals surface area contributed by atoms with E-state index < -0.39 is 0 Å². The van der Waals surface area contributed by atoms with Gasteiger partial charge >= 0.3 is 0 Å². The molecule has 0 aliphatic carbocycles. The summed E-state index contributed by atoms with van der Waals surface area (Å²) in [5.74, 6) is 0. The molecule has 2 heterocycles. The highest BCUT2D eigenvalue weighted by Gasteiger charge is 2.15. The summed E-state index contributed by atoms with van der Waals surface area (Å²) in [6.45, 7) is 10.3. The SMILES string of the molecule is Cc1cc(CN2CCOCC2)c(C)n1Cc1ccccc1. The minimum absolute atomic E-state index is 0.864. The Morgan fingerprint density at radius 3 is 2.43 bits per heavy atom. The maximum atomic E-state index is 5.43. The van der Waals surface area contributed by atoms with E-state index in [-0.39, 0.29) is 0 Å². The highest BCUT2D eigenvalue weighted by molar-refractivity contribution is 5.28.